The third-order valence-corrected chi connectivity index (χ3v) is 5.73. The summed E-state index contributed by atoms with van der Waals surface area (Å²) in [5.74, 6) is 0.720. The summed E-state index contributed by atoms with van der Waals surface area (Å²) in [5, 5.41) is 3.31. The maximum absolute atomic E-state index is 12.1. The van der Waals surface area contributed by atoms with Gasteiger partial charge in [-0.05, 0) is 43.0 Å². The molecule has 1 aliphatic heterocycles. The van der Waals surface area contributed by atoms with Crippen molar-refractivity contribution in [2.24, 2.45) is 5.92 Å². The van der Waals surface area contributed by atoms with Gasteiger partial charge in [-0.15, -0.1) is 0 Å². The van der Waals surface area contributed by atoms with Crippen molar-refractivity contribution in [1.29, 1.82) is 0 Å². The first-order valence-corrected chi connectivity index (χ1v) is 8.59. The monoisotopic (exact) mass is 280 g/mol. The van der Waals surface area contributed by atoms with Gasteiger partial charge in [-0.2, -0.15) is 0 Å². The lowest BCUT2D eigenvalue weighted by molar-refractivity contribution is 0.588. The van der Waals surface area contributed by atoms with Gasteiger partial charge in [0.25, 0.3) is 0 Å². The third-order valence-electron chi connectivity index (χ3n) is 3.83. The van der Waals surface area contributed by atoms with Gasteiger partial charge in [0.1, 0.15) is 0 Å². The summed E-state index contributed by atoms with van der Waals surface area (Å²) in [6, 6.07) is 7.39. The molecule has 1 saturated heterocycles. The van der Waals surface area contributed by atoms with Crippen molar-refractivity contribution in [2.45, 2.75) is 17.7 Å². The topological polar surface area (TPSA) is 49.4 Å². The normalized spacial score (nSPS) is 20.5. The average molecular weight is 280 g/mol. The smallest absolute Gasteiger partial charge is 0.178 e. The molecular formula is C14H20N2O2S. The van der Waals surface area contributed by atoms with Gasteiger partial charge >= 0.3 is 0 Å². The molecule has 104 valence electrons. The number of hydrogen-bond acceptors (Lipinski definition) is 4. The van der Waals surface area contributed by atoms with Gasteiger partial charge in [-0.1, -0.05) is 0 Å². The fourth-order valence-corrected chi connectivity index (χ4v) is 4.18. The Morgan fingerprint density at radius 1 is 1.11 bits per heavy atom. The summed E-state index contributed by atoms with van der Waals surface area (Å²) in [6.45, 7) is 3.94. The van der Waals surface area contributed by atoms with E-state index >= 15 is 0 Å². The van der Waals surface area contributed by atoms with Crippen molar-refractivity contribution >= 4 is 15.5 Å². The number of rotatable bonds is 4. The Morgan fingerprint density at radius 3 is 2.32 bits per heavy atom. The molecule has 0 unspecified atom stereocenters. The molecule has 4 nitrogen and oxygen atoms in total. The largest absolute Gasteiger partial charge is 0.369 e. The molecular weight excluding hydrogens is 260 g/mol. The number of anilines is 1. The van der Waals surface area contributed by atoms with E-state index in [0.717, 1.165) is 44.7 Å². The first-order valence-electron chi connectivity index (χ1n) is 6.94. The van der Waals surface area contributed by atoms with E-state index in [9.17, 15) is 8.42 Å². The molecule has 5 heteroatoms. The predicted octanol–water partition coefficient (Wildman–Crippen LogP) is 1.28. The minimum atomic E-state index is -3.08. The van der Waals surface area contributed by atoms with Gasteiger partial charge in [0, 0.05) is 31.9 Å². The van der Waals surface area contributed by atoms with Crippen molar-refractivity contribution in [2.75, 3.05) is 36.8 Å². The Hall–Kier alpha value is -1.07. The molecule has 3 rings (SSSR count). The van der Waals surface area contributed by atoms with Gasteiger partial charge < -0.3 is 10.2 Å². The summed E-state index contributed by atoms with van der Waals surface area (Å²) in [4.78, 5) is 2.76. The minimum Gasteiger partial charge on any atom is -0.369 e. The second-order valence-electron chi connectivity index (χ2n) is 5.46. The molecule has 1 N–H and O–H groups in total. The van der Waals surface area contributed by atoms with Crippen LogP contribution in [0.5, 0.6) is 0 Å². The minimum absolute atomic E-state index is 0.319. The van der Waals surface area contributed by atoms with Crippen LogP contribution < -0.4 is 10.2 Å². The zero-order chi connectivity index (χ0) is 13.3. The van der Waals surface area contributed by atoms with Crippen LogP contribution in [0.25, 0.3) is 0 Å². The van der Waals surface area contributed by atoms with Gasteiger partial charge in [-0.25, -0.2) is 8.42 Å². The van der Waals surface area contributed by atoms with Crippen molar-refractivity contribution in [1.82, 2.24) is 5.32 Å². The molecule has 1 aliphatic carbocycles. The number of piperazine rings is 1. The molecule has 1 saturated carbocycles. The Balaban J connectivity index is 1.74. The van der Waals surface area contributed by atoms with Gasteiger partial charge in [-0.3, -0.25) is 0 Å². The Kier molecular flexibility index (Phi) is 3.50. The molecule has 0 spiro atoms. The van der Waals surface area contributed by atoms with Crippen LogP contribution >= 0.6 is 0 Å². The van der Waals surface area contributed by atoms with E-state index in [1.54, 1.807) is 12.1 Å². The van der Waals surface area contributed by atoms with Crippen LogP contribution in [0, 0.1) is 5.92 Å². The zero-order valence-electron chi connectivity index (χ0n) is 11.0. The van der Waals surface area contributed by atoms with Crippen LogP contribution in [0.2, 0.25) is 0 Å². The van der Waals surface area contributed by atoms with Crippen LogP contribution in [-0.4, -0.2) is 40.3 Å². The Bertz CT molecular complexity index is 529. The van der Waals surface area contributed by atoms with Gasteiger partial charge in [0.05, 0.1) is 10.6 Å². The quantitative estimate of drug-likeness (QED) is 0.902. The molecule has 0 aromatic heterocycles. The van der Waals surface area contributed by atoms with Gasteiger partial charge in [0.15, 0.2) is 9.84 Å². The lowest BCUT2D eigenvalue weighted by Crippen LogP contribution is -2.43. The van der Waals surface area contributed by atoms with Crippen LogP contribution in [0.1, 0.15) is 12.8 Å². The van der Waals surface area contributed by atoms with Crippen LogP contribution in [0.3, 0.4) is 0 Å². The molecule has 0 radical (unpaired) electrons. The number of sulfone groups is 1. The van der Waals surface area contributed by atoms with E-state index in [1.165, 1.54) is 0 Å². The summed E-state index contributed by atoms with van der Waals surface area (Å²) in [5.41, 5.74) is 1.12. The van der Waals surface area contributed by atoms with Crippen LogP contribution in [0.4, 0.5) is 5.69 Å². The standard InChI is InChI=1S/C14H20N2O2S/c17-19(18,11-12-1-2-12)14-5-3-13(4-6-14)16-9-7-15-8-10-16/h3-6,12,15H,1-2,7-11H2. The number of nitrogens with one attached hydrogen (secondary N) is 1. The van der Waals surface area contributed by atoms with Crippen molar-refractivity contribution in [3.8, 4) is 0 Å². The molecule has 1 aromatic carbocycles. The lowest BCUT2D eigenvalue weighted by Gasteiger charge is -2.29. The van der Waals surface area contributed by atoms with Crippen molar-refractivity contribution < 1.29 is 8.42 Å². The maximum atomic E-state index is 12.1. The second kappa shape index (κ2) is 5.13. The van der Waals surface area contributed by atoms with Gasteiger partial charge in [0.2, 0.25) is 0 Å². The van der Waals surface area contributed by atoms with E-state index in [-0.39, 0.29) is 0 Å². The Labute approximate surface area is 114 Å². The predicted molar refractivity (Wildman–Crippen MR) is 76.3 cm³/mol. The fraction of sp³-hybridized carbons (Fsp3) is 0.571. The highest BCUT2D eigenvalue weighted by Crippen LogP contribution is 2.32. The lowest BCUT2D eigenvalue weighted by atomic mass is 10.2. The summed E-state index contributed by atoms with van der Waals surface area (Å²) in [6.07, 6.45) is 2.14. The Morgan fingerprint density at radius 2 is 1.74 bits per heavy atom. The highest BCUT2D eigenvalue weighted by Gasteiger charge is 2.29. The van der Waals surface area contributed by atoms with Crippen LogP contribution in [-0.2, 0) is 9.84 Å². The third kappa shape index (κ3) is 3.09. The SMILES string of the molecule is O=S(=O)(CC1CC1)c1ccc(N2CCNCC2)cc1. The molecule has 1 aromatic rings. The van der Waals surface area contributed by atoms with E-state index in [2.05, 4.69) is 10.2 Å². The number of hydrogen-bond donors (Lipinski definition) is 1. The van der Waals surface area contributed by atoms with Crippen LogP contribution in [0.15, 0.2) is 29.2 Å². The number of benzene rings is 1. The van der Waals surface area contributed by atoms with E-state index < -0.39 is 9.84 Å². The molecule has 19 heavy (non-hydrogen) atoms. The highest BCUT2D eigenvalue weighted by atomic mass is 32.2. The highest BCUT2D eigenvalue weighted by molar-refractivity contribution is 7.91. The summed E-state index contributed by atoms with van der Waals surface area (Å²) in [7, 11) is -3.08. The fourth-order valence-electron chi connectivity index (χ4n) is 2.48. The average Bonchev–Trinajstić information content (AvgIpc) is 3.23. The molecule has 2 aliphatic rings. The second-order valence-corrected chi connectivity index (χ2v) is 7.49. The van der Waals surface area contributed by atoms with E-state index in [1.807, 2.05) is 12.1 Å². The molecule has 2 fully saturated rings. The molecule has 1 heterocycles. The summed E-state index contributed by atoms with van der Waals surface area (Å²) >= 11 is 0. The molecule has 0 atom stereocenters. The zero-order valence-corrected chi connectivity index (χ0v) is 11.8. The first kappa shape index (κ1) is 12.9. The maximum Gasteiger partial charge on any atom is 0.178 e. The molecule has 0 amide bonds. The van der Waals surface area contributed by atoms with Crippen molar-refractivity contribution in [3.63, 3.8) is 0 Å². The van der Waals surface area contributed by atoms with E-state index in [4.69, 9.17) is 0 Å². The molecule has 0 bridgehead atoms. The first-order chi connectivity index (χ1) is 9.15. The number of nitrogens with zero attached hydrogens (tertiary/aromatic N) is 1. The van der Waals surface area contributed by atoms with Crippen molar-refractivity contribution in [3.05, 3.63) is 24.3 Å². The van der Waals surface area contributed by atoms with E-state index in [0.29, 0.717) is 16.6 Å². The summed E-state index contributed by atoms with van der Waals surface area (Å²) < 4.78 is 24.3.